The molecule has 2 atom stereocenters. The third-order valence-corrected chi connectivity index (χ3v) is 1.89. The van der Waals surface area contributed by atoms with Crippen molar-refractivity contribution in [3.63, 3.8) is 0 Å². The lowest BCUT2D eigenvalue weighted by Gasteiger charge is -2.16. The normalized spacial score (nSPS) is 14.8. The number of nitrogens with zero attached hydrogens (tertiary/aromatic N) is 1. The lowest BCUT2D eigenvalue weighted by Crippen LogP contribution is -2.35. The topological polar surface area (TPSA) is 67.3 Å². The fourth-order valence-electron chi connectivity index (χ4n) is 0.569. The summed E-state index contributed by atoms with van der Waals surface area (Å²) in [6, 6.07) is 0. The first-order chi connectivity index (χ1) is 5.99. The summed E-state index contributed by atoms with van der Waals surface area (Å²) in [5, 5.41) is 2.89. The van der Waals surface area contributed by atoms with Crippen molar-refractivity contribution in [1.29, 1.82) is 0 Å². The van der Waals surface area contributed by atoms with Gasteiger partial charge >= 0.3 is 0 Å². The van der Waals surface area contributed by atoms with E-state index in [9.17, 15) is 0 Å². The van der Waals surface area contributed by atoms with Crippen molar-refractivity contribution in [2.75, 3.05) is 21.1 Å². The highest BCUT2D eigenvalue weighted by molar-refractivity contribution is 4.51. The van der Waals surface area contributed by atoms with E-state index in [4.69, 9.17) is 11.5 Å². The molecule has 0 aliphatic carbocycles. The Morgan fingerprint density at radius 3 is 1.62 bits per heavy atom. The van der Waals surface area contributed by atoms with E-state index in [0.717, 1.165) is 12.8 Å². The number of hydrogen-bond donors (Lipinski definition) is 3. The molecule has 0 saturated carbocycles. The number of hydrogen-bond acceptors (Lipinski definition) is 4. The van der Waals surface area contributed by atoms with Gasteiger partial charge in [0.15, 0.2) is 0 Å². The predicted molar refractivity (Wildman–Crippen MR) is 59.3 cm³/mol. The maximum absolute atomic E-state index is 5.54. The van der Waals surface area contributed by atoms with Crippen molar-refractivity contribution in [2.24, 2.45) is 11.5 Å². The van der Waals surface area contributed by atoms with E-state index in [-0.39, 0.29) is 12.3 Å². The summed E-state index contributed by atoms with van der Waals surface area (Å²) in [5.74, 6) is 0. The highest BCUT2D eigenvalue weighted by atomic mass is 15.2. The van der Waals surface area contributed by atoms with Gasteiger partial charge in [-0.2, -0.15) is 0 Å². The molecule has 0 heterocycles. The van der Waals surface area contributed by atoms with Crippen LogP contribution in [0.5, 0.6) is 0 Å². The molecule has 0 radical (unpaired) electrons. The summed E-state index contributed by atoms with van der Waals surface area (Å²) in [6.07, 6.45) is 2.44. The van der Waals surface area contributed by atoms with Crippen LogP contribution < -0.4 is 16.8 Å². The summed E-state index contributed by atoms with van der Waals surface area (Å²) in [5.41, 5.74) is 10.9. The van der Waals surface area contributed by atoms with E-state index in [1.54, 1.807) is 0 Å². The van der Waals surface area contributed by atoms with Crippen LogP contribution in [0, 0.1) is 0 Å². The molecule has 0 amide bonds. The van der Waals surface area contributed by atoms with Gasteiger partial charge in [-0.05, 0) is 34.0 Å². The first-order valence-corrected chi connectivity index (χ1v) is 4.84. The van der Waals surface area contributed by atoms with Crippen molar-refractivity contribution in [1.82, 2.24) is 10.2 Å². The van der Waals surface area contributed by atoms with Gasteiger partial charge in [-0.1, -0.05) is 13.8 Å². The molecule has 13 heavy (non-hydrogen) atoms. The fraction of sp³-hybridized carbons (Fsp3) is 1.00. The van der Waals surface area contributed by atoms with Crippen LogP contribution in [0.2, 0.25) is 0 Å². The van der Waals surface area contributed by atoms with Gasteiger partial charge in [-0.25, -0.2) is 0 Å². The maximum Gasteiger partial charge on any atom is 0.0563 e. The second kappa shape index (κ2) is 9.92. The molecule has 0 aromatic carbocycles. The van der Waals surface area contributed by atoms with Crippen molar-refractivity contribution in [3.05, 3.63) is 0 Å². The van der Waals surface area contributed by atoms with Gasteiger partial charge in [0.2, 0.25) is 0 Å². The number of nitrogens with one attached hydrogen (secondary N) is 1. The predicted octanol–water partition coefficient (Wildman–Crippen LogP) is 0.143. The van der Waals surface area contributed by atoms with E-state index in [1.807, 2.05) is 33.0 Å². The van der Waals surface area contributed by atoms with Crippen molar-refractivity contribution < 1.29 is 0 Å². The van der Waals surface area contributed by atoms with E-state index in [0.29, 0.717) is 0 Å². The van der Waals surface area contributed by atoms with Crippen LogP contribution in [0.15, 0.2) is 0 Å². The van der Waals surface area contributed by atoms with Crippen LogP contribution in [0.3, 0.4) is 0 Å². The van der Waals surface area contributed by atoms with E-state index in [2.05, 4.69) is 12.2 Å². The minimum absolute atomic E-state index is 0.185. The Morgan fingerprint density at radius 2 is 1.62 bits per heavy atom. The Morgan fingerprint density at radius 1 is 1.15 bits per heavy atom. The Hall–Kier alpha value is -0.160. The van der Waals surface area contributed by atoms with Crippen LogP contribution in [-0.2, 0) is 0 Å². The Kier molecular flexibility index (Phi) is 11.7. The van der Waals surface area contributed by atoms with Crippen molar-refractivity contribution in [2.45, 2.75) is 39.0 Å². The molecule has 0 aliphatic rings. The molecule has 0 aromatic rings. The van der Waals surface area contributed by atoms with Gasteiger partial charge in [-0.15, -0.1) is 0 Å². The summed E-state index contributed by atoms with van der Waals surface area (Å²) < 4.78 is 0. The summed E-state index contributed by atoms with van der Waals surface area (Å²) in [7, 11) is 5.82. The molecular weight excluding hydrogens is 164 g/mol. The summed E-state index contributed by atoms with van der Waals surface area (Å²) in [4.78, 5) is 2.00. The van der Waals surface area contributed by atoms with Crippen molar-refractivity contribution >= 4 is 0 Å². The smallest absolute Gasteiger partial charge is 0.0563 e. The van der Waals surface area contributed by atoms with Gasteiger partial charge in [-0.3, -0.25) is 4.90 Å². The standard InChI is InChI=1S/C5H14N2.C4H12N2/c1-4-5(6)7(2)3;1-3-4(5)6-2/h5H,4,6H2,1-3H3;4,6H,3,5H2,1-2H3. The molecule has 0 fully saturated rings. The first kappa shape index (κ1) is 15.3. The third kappa shape index (κ3) is 11.8. The second-order valence-corrected chi connectivity index (χ2v) is 3.24. The lowest BCUT2D eigenvalue weighted by atomic mass is 10.4. The molecular formula is C9H26N4. The molecule has 4 nitrogen and oxygen atoms in total. The monoisotopic (exact) mass is 190 g/mol. The zero-order valence-corrected chi connectivity index (χ0v) is 9.67. The molecule has 82 valence electrons. The quantitative estimate of drug-likeness (QED) is 0.552. The SMILES string of the molecule is CCC(N)N(C)C.CCC(N)NC. The van der Waals surface area contributed by atoms with Gasteiger partial charge in [0.1, 0.15) is 0 Å². The van der Waals surface area contributed by atoms with Gasteiger partial charge < -0.3 is 16.8 Å². The second-order valence-electron chi connectivity index (χ2n) is 3.24. The average Bonchev–Trinajstić information content (AvgIpc) is 2.16. The van der Waals surface area contributed by atoms with E-state index >= 15 is 0 Å². The molecule has 0 rings (SSSR count). The number of nitrogens with two attached hydrogens (primary N) is 2. The van der Waals surface area contributed by atoms with Gasteiger partial charge in [0.25, 0.3) is 0 Å². The van der Waals surface area contributed by atoms with Crippen LogP contribution in [-0.4, -0.2) is 38.4 Å². The molecule has 5 N–H and O–H groups in total. The highest BCUT2D eigenvalue weighted by Gasteiger charge is 1.97. The lowest BCUT2D eigenvalue weighted by molar-refractivity contribution is 0.293. The minimum atomic E-state index is 0.185. The Labute approximate surface area is 82.7 Å². The largest absolute Gasteiger partial charge is 0.316 e. The molecule has 0 aliphatic heterocycles. The molecule has 2 unspecified atom stereocenters. The van der Waals surface area contributed by atoms with E-state index < -0.39 is 0 Å². The first-order valence-electron chi connectivity index (χ1n) is 4.84. The molecule has 0 bridgehead atoms. The zero-order valence-electron chi connectivity index (χ0n) is 9.67. The zero-order chi connectivity index (χ0) is 10.9. The molecule has 0 saturated heterocycles. The third-order valence-electron chi connectivity index (χ3n) is 1.89. The van der Waals surface area contributed by atoms with E-state index in [1.165, 1.54) is 0 Å². The highest BCUT2D eigenvalue weighted by Crippen LogP contribution is 1.86. The molecule has 0 aromatic heterocycles. The molecule has 0 spiro atoms. The average molecular weight is 190 g/mol. The minimum Gasteiger partial charge on any atom is -0.316 e. The number of rotatable bonds is 4. The van der Waals surface area contributed by atoms with Gasteiger partial charge in [0, 0.05) is 0 Å². The molecule has 4 heteroatoms. The van der Waals surface area contributed by atoms with Gasteiger partial charge in [0.05, 0.1) is 12.3 Å². The maximum atomic E-state index is 5.54. The van der Waals surface area contributed by atoms with Crippen LogP contribution in [0.25, 0.3) is 0 Å². The summed E-state index contributed by atoms with van der Waals surface area (Å²) in [6.45, 7) is 4.12. The van der Waals surface area contributed by atoms with Crippen LogP contribution in [0.4, 0.5) is 0 Å². The fourth-order valence-corrected chi connectivity index (χ4v) is 0.569. The Balaban J connectivity index is 0. The van der Waals surface area contributed by atoms with Crippen molar-refractivity contribution in [3.8, 4) is 0 Å². The van der Waals surface area contributed by atoms with Crippen LogP contribution >= 0.6 is 0 Å². The van der Waals surface area contributed by atoms with Crippen LogP contribution in [0.1, 0.15) is 26.7 Å². The Bertz CT molecular complexity index is 91.6. The summed E-state index contributed by atoms with van der Waals surface area (Å²) >= 11 is 0.